The molecular formula is C7H10CoN2. The predicted molar refractivity (Wildman–Crippen MR) is 37.0 cm³/mol. The first-order valence-electron chi connectivity index (χ1n) is 3.00. The summed E-state index contributed by atoms with van der Waals surface area (Å²) in [5, 5.41) is 0. The van der Waals surface area contributed by atoms with Crippen LogP contribution < -0.4 is 0 Å². The number of allylic oxidation sites excluding steroid dienone is 1. The number of hydrogen-bond donors (Lipinski definition) is 0. The molecule has 0 aliphatic rings. The molecule has 1 heterocycles. The Kier molecular flexibility index (Phi) is 4.97. The molecule has 1 aromatic rings. The fraction of sp³-hybridized carbons (Fsp3) is 0.286. The average molecular weight is 181 g/mol. The van der Waals surface area contributed by atoms with Gasteiger partial charge in [0.15, 0.2) is 0 Å². The minimum atomic E-state index is 0. The molecule has 1 radical (unpaired) electrons. The van der Waals surface area contributed by atoms with Gasteiger partial charge in [0.2, 0.25) is 0 Å². The van der Waals surface area contributed by atoms with Crippen LogP contribution in [0.25, 0.3) is 0 Å². The van der Waals surface area contributed by atoms with Gasteiger partial charge in [-0.25, -0.2) is 4.98 Å². The second-order valence-corrected chi connectivity index (χ2v) is 1.88. The zero-order valence-electron chi connectivity index (χ0n) is 5.66. The van der Waals surface area contributed by atoms with Crippen molar-refractivity contribution >= 4 is 0 Å². The number of rotatable bonds is 3. The molecule has 0 unspecified atom stereocenters. The van der Waals surface area contributed by atoms with Crippen LogP contribution in [0.3, 0.4) is 0 Å². The summed E-state index contributed by atoms with van der Waals surface area (Å²) >= 11 is 0. The van der Waals surface area contributed by atoms with Crippen molar-refractivity contribution in [2.75, 3.05) is 0 Å². The van der Waals surface area contributed by atoms with E-state index in [0.29, 0.717) is 0 Å². The summed E-state index contributed by atoms with van der Waals surface area (Å²) < 4.78 is 2.03. The number of imidazole rings is 1. The van der Waals surface area contributed by atoms with Crippen LogP contribution in [0.15, 0.2) is 31.4 Å². The molecule has 0 N–H and O–H groups in total. The molecule has 0 saturated heterocycles. The molecule has 0 fully saturated rings. The summed E-state index contributed by atoms with van der Waals surface area (Å²) in [7, 11) is 0. The molecule has 0 bridgehead atoms. The van der Waals surface area contributed by atoms with Crippen molar-refractivity contribution in [1.82, 2.24) is 9.55 Å². The molecule has 0 aliphatic carbocycles. The molecule has 0 aliphatic heterocycles. The Balaban J connectivity index is 0.000000810. The third-order valence-electron chi connectivity index (χ3n) is 1.15. The molecule has 1 rings (SSSR count). The molecule has 10 heavy (non-hydrogen) atoms. The Morgan fingerprint density at radius 2 is 2.40 bits per heavy atom. The van der Waals surface area contributed by atoms with E-state index in [1.807, 2.05) is 23.2 Å². The quantitative estimate of drug-likeness (QED) is 0.645. The van der Waals surface area contributed by atoms with Gasteiger partial charge in [0.05, 0.1) is 6.33 Å². The van der Waals surface area contributed by atoms with Gasteiger partial charge in [0.1, 0.15) is 0 Å². The Hall–Kier alpha value is -0.544. The van der Waals surface area contributed by atoms with Crippen LogP contribution in [0.4, 0.5) is 0 Å². The standard InChI is InChI=1S/C7H10N2.Co/c1-2-3-5-9-6-4-8-7-9;/h2,4,6-7H,1,3,5H2;. The number of aryl methyl sites for hydroxylation is 1. The smallest absolute Gasteiger partial charge is 0.0946 e. The van der Waals surface area contributed by atoms with E-state index < -0.39 is 0 Å². The van der Waals surface area contributed by atoms with Crippen LogP contribution in [0.2, 0.25) is 0 Å². The normalized spacial score (nSPS) is 8.40. The van der Waals surface area contributed by atoms with E-state index in [1.54, 1.807) is 6.20 Å². The van der Waals surface area contributed by atoms with Crippen molar-refractivity contribution in [3.05, 3.63) is 31.4 Å². The molecule has 0 amide bonds. The van der Waals surface area contributed by atoms with Crippen LogP contribution in [0, 0.1) is 0 Å². The second-order valence-electron chi connectivity index (χ2n) is 1.88. The molecule has 2 nitrogen and oxygen atoms in total. The zero-order valence-corrected chi connectivity index (χ0v) is 6.70. The molecule has 0 aromatic carbocycles. The summed E-state index contributed by atoms with van der Waals surface area (Å²) in [5.74, 6) is 0. The van der Waals surface area contributed by atoms with E-state index in [-0.39, 0.29) is 16.8 Å². The molecule has 0 saturated carbocycles. The van der Waals surface area contributed by atoms with Crippen molar-refractivity contribution < 1.29 is 16.8 Å². The minimum absolute atomic E-state index is 0. The van der Waals surface area contributed by atoms with Crippen LogP contribution in [0.5, 0.6) is 0 Å². The molecule has 0 spiro atoms. The number of aromatic nitrogens is 2. The summed E-state index contributed by atoms with van der Waals surface area (Å²) in [4.78, 5) is 3.90. The van der Waals surface area contributed by atoms with Crippen molar-refractivity contribution in [2.45, 2.75) is 13.0 Å². The van der Waals surface area contributed by atoms with Gasteiger partial charge in [-0.3, -0.25) is 0 Å². The van der Waals surface area contributed by atoms with Crippen LogP contribution in [-0.4, -0.2) is 9.55 Å². The van der Waals surface area contributed by atoms with Gasteiger partial charge in [-0.2, -0.15) is 0 Å². The van der Waals surface area contributed by atoms with Gasteiger partial charge < -0.3 is 4.57 Å². The van der Waals surface area contributed by atoms with Gasteiger partial charge >= 0.3 is 0 Å². The van der Waals surface area contributed by atoms with E-state index in [2.05, 4.69) is 11.6 Å². The molecule has 3 heteroatoms. The maximum atomic E-state index is 3.90. The van der Waals surface area contributed by atoms with E-state index in [4.69, 9.17) is 0 Å². The molecule has 0 atom stereocenters. The van der Waals surface area contributed by atoms with Crippen molar-refractivity contribution in [3.63, 3.8) is 0 Å². The van der Waals surface area contributed by atoms with E-state index in [1.165, 1.54) is 0 Å². The monoisotopic (exact) mass is 181 g/mol. The zero-order chi connectivity index (χ0) is 6.53. The fourth-order valence-corrected chi connectivity index (χ4v) is 0.659. The minimum Gasteiger partial charge on any atom is -0.337 e. The fourth-order valence-electron chi connectivity index (χ4n) is 0.659. The Labute approximate surface area is 71.2 Å². The third kappa shape index (κ3) is 2.84. The average Bonchev–Trinajstić information content (AvgIpc) is 2.34. The largest absolute Gasteiger partial charge is 0.337 e. The molecule has 1 aromatic heterocycles. The Bertz CT molecular complexity index is 170. The molecule has 57 valence electrons. The second kappa shape index (κ2) is 5.26. The van der Waals surface area contributed by atoms with E-state index in [0.717, 1.165) is 13.0 Å². The first-order chi connectivity index (χ1) is 4.43. The summed E-state index contributed by atoms with van der Waals surface area (Å²) in [6, 6.07) is 0. The maximum Gasteiger partial charge on any atom is 0.0946 e. The van der Waals surface area contributed by atoms with Gasteiger partial charge in [0, 0.05) is 35.7 Å². The number of hydrogen-bond acceptors (Lipinski definition) is 1. The van der Waals surface area contributed by atoms with Crippen molar-refractivity contribution in [1.29, 1.82) is 0 Å². The van der Waals surface area contributed by atoms with Gasteiger partial charge in [-0.1, -0.05) is 6.08 Å². The van der Waals surface area contributed by atoms with Crippen LogP contribution in [0.1, 0.15) is 6.42 Å². The maximum absolute atomic E-state index is 3.90. The van der Waals surface area contributed by atoms with E-state index >= 15 is 0 Å². The van der Waals surface area contributed by atoms with Crippen molar-refractivity contribution in [2.24, 2.45) is 0 Å². The summed E-state index contributed by atoms with van der Waals surface area (Å²) in [5.41, 5.74) is 0. The van der Waals surface area contributed by atoms with Gasteiger partial charge in [0.25, 0.3) is 0 Å². The SMILES string of the molecule is C=CCCn1ccnc1.[Co]. The predicted octanol–water partition coefficient (Wildman–Crippen LogP) is 1.46. The number of nitrogens with zero attached hydrogens (tertiary/aromatic N) is 2. The Morgan fingerprint density at radius 3 is 2.90 bits per heavy atom. The van der Waals surface area contributed by atoms with E-state index in [9.17, 15) is 0 Å². The first kappa shape index (κ1) is 9.46. The van der Waals surface area contributed by atoms with Gasteiger partial charge in [-0.05, 0) is 6.42 Å². The third-order valence-corrected chi connectivity index (χ3v) is 1.15. The van der Waals surface area contributed by atoms with Crippen molar-refractivity contribution in [3.8, 4) is 0 Å². The van der Waals surface area contributed by atoms with Gasteiger partial charge in [-0.15, -0.1) is 6.58 Å². The summed E-state index contributed by atoms with van der Waals surface area (Å²) in [6.07, 6.45) is 8.45. The topological polar surface area (TPSA) is 17.8 Å². The summed E-state index contributed by atoms with van der Waals surface area (Å²) in [6.45, 7) is 4.62. The first-order valence-corrected chi connectivity index (χ1v) is 3.00. The van der Waals surface area contributed by atoms with Crippen LogP contribution >= 0.6 is 0 Å². The molecular weight excluding hydrogens is 171 g/mol. The van der Waals surface area contributed by atoms with Crippen LogP contribution in [-0.2, 0) is 23.3 Å². The Morgan fingerprint density at radius 1 is 1.60 bits per heavy atom.